The summed E-state index contributed by atoms with van der Waals surface area (Å²) < 4.78 is 0. The summed E-state index contributed by atoms with van der Waals surface area (Å²) in [6.07, 6.45) is 4.94. The summed E-state index contributed by atoms with van der Waals surface area (Å²) in [7, 11) is 0. The summed E-state index contributed by atoms with van der Waals surface area (Å²) in [5, 5.41) is 10.8. The number of hydrogen-bond donors (Lipinski definition) is 0. The van der Waals surface area contributed by atoms with Crippen LogP contribution < -0.4 is 56.5 Å². The molecule has 0 amide bonds. The van der Waals surface area contributed by atoms with Crippen molar-refractivity contribution in [1.29, 1.82) is 0 Å². The first-order valence-electron chi connectivity index (χ1n) is 3.97. The summed E-state index contributed by atoms with van der Waals surface area (Å²) in [6.45, 7) is 4.12. The second kappa shape index (κ2) is 10.6. The second-order valence-electron chi connectivity index (χ2n) is 2.53. The van der Waals surface area contributed by atoms with Gasteiger partial charge in [0, 0.05) is 0 Å². The van der Waals surface area contributed by atoms with E-state index in [2.05, 4.69) is 6.92 Å². The zero-order valence-electron chi connectivity index (χ0n) is 7.52. The summed E-state index contributed by atoms with van der Waals surface area (Å²) in [6, 6.07) is 0. The van der Waals surface area contributed by atoms with Crippen molar-refractivity contribution in [2.24, 2.45) is 0 Å². The average Bonchev–Trinajstić information content (AvgIpc) is 1.89. The average molecular weight is 168 g/mol. The molecule has 0 spiro atoms. The van der Waals surface area contributed by atoms with Crippen molar-refractivity contribution in [2.75, 3.05) is 0 Å². The van der Waals surface area contributed by atoms with Crippen LogP contribution in [0.2, 0.25) is 0 Å². The maximum absolute atomic E-state index is 10.8. The number of hydrogen-bond acceptors (Lipinski definition) is 1. The minimum atomic E-state index is -0.295. The van der Waals surface area contributed by atoms with Gasteiger partial charge in [-0.1, -0.05) is 46.0 Å². The molecular weight excluding hydrogens is 151 g/mol. The van der Waals surface area contributed by atoms with E-state index >= 15 is 0 Å². The third-order valence-corrected chi connectivity index (χ3v) is 1.58. The van der Waals surface area contributed by atoms with Crippen LogP contribution in [-0.2, 0) is 0 Å². The molecule has 0 N–H and O–H groups in total. The maximum atomic E-state index is 10.8. The van der Waals surface area contributed by atoms with Crippen molar-refractivity contribution in [3.8, 4) is 0 Å². The van der Waals surface area contributed by atoms with Crippen LogP contribution in [0.3, 0.4) is 0 Å². The Morgan fingerprint density at radius 1 is 1.20 bits per heavy atom. The van der Waals surface area contributed by atoms with Gasteiger partial charge in [-0.3, -0.25) is 0 Å². The largest absolute Gasteiger partial charge is 1.00 e. The molecule has 0 aromatic rings. The van der Waals surface area contributed by atoms with Crippen LogP contribution >= 0.6 is 0 Å². The van der Waals surface area contributed by atoms with E-state index in [1.807, 2.05) is 6.92 Å². The van der Waals surface area contributed by atoms with Gasteiger partial charge in [-0.15, -0.1) is 6.10 Å². The standard InChI is InChI=1S/C8H17O.K/c1-3-5-6-7-8(9)4-2;/h8H,3-7H2,1-2H3;/q-1;+1. The molecule has 0 aromatic carbocycles. The van der Waals surface area contributed by atoms with Gasteiger partial charge in [-0.05, 0) is 0 Å². The van der Waals surface area contributed by atoms with Crippen LogP contribution in [0.4, 0.5) is 0 Å². The van der Waals surface area contributed by atoms with Crippen LogP contribution in [0.15, 0.2) is 0 Å². The van der Waals surface area contributed by atoms with Crippen molar-refractivity contribution in [2.45, 2.75) is 52.1 Å². The second-order valence-corrected chi connectivity index (χ2v) is 2.53. The van der Waals surface area contributed by atoms with E-state index in [9.17, 15) is 5.11 Å². The summed E-state index contributed by atoms with van der Waals surface area (Å²) in [4.78, 5) is 0. The van der Waals surface area contributed by atoms with Crippen LogP contribution in [0.1, 0.15) is 46.0 Å². The Morgan fingerprint density at radius 2 is 1.80 bits per heavy atom. The molecule has 2 heteroatoms. The van der Waals surface area contributed by atoms with Gasteiger partial charge in [-0.25, -0.2) is 0 Å². The normalized spacial score (nSPS) is 12.3. The molecule has 0 aliphatic heterocycles. The van der Waals surface area contributed by atoms with Crippen molar-refractivity contribution in [3.05, 3.63) is 0 Å². The molecule has 10 heavy (non-hydrogen) atoms. The zero-order valence-corrected chi connectivity index (χ0v) is 10.6. The molecule has 0 heterocycles. The predicted molar refractivity (Wildman–Crippen MR) is 38.2 cm³/mol. The molecule has 0 saturated heterocycles. The molecule has 0 rings (SSSR count). The molecule has 0 aliphatic rings. The first-order chi connectivity index (χ1) is 4.31. The topological polar surface area (TPSA) is 23.1 Å². The smallest absolute Gasteiger partial charge is 0.852 e. The van der Waals surface area contributed by atoms with E-state index < -0.39 is 0 Å². The van der Waals surface area contributed by atoms with Gasteiger partial charge in [0.1, 0.15) is 0 Å². The Hall–Kier alpha value is 1.60. The van der Waals surface area contributed by atoms with E-state index in [0.717, 1.165) is 19.3 Å². The van der Waals surface area contributed by atoms with Gasteiger partial charge in [0.05, 0.1) is 0 Å². The van der Waals surface area contributed by atoms with Crippen molar-refractivity contribution >= 4 is 0 Å². The first kappa shape index (κ1) is 14.1. The summed E-state index contributed by atoms with van der Waals surface area (Å²) in [5.74, 6) is 0. The first-order valence-corrected chi connectivity index (χ1v) is 3.97. The molecule has 1 nitrogen and oxygen atoms in total. The molecular formula is C8H17KO. The quantitative estimate of drug-likeness (QED) is 0.370. The van der Waals surface area contributed by atoms with Gasteiger partial charge in [0.25, 0.3) is 0 Å². The number of unbranched alkanes of at least 4 members (excludes halogenated alkanes) is 2. The van der Waals surface area contributed by atoms with Crippen LogP contribution in [-0.4, -0.2) is 6.10 Å². The van der Waals surface area contributed by atoms with E-state index in [1.54, 1.807) is 0 Å². The van der Waals surface area contributed by atoms with Crippen LogP contribution in [0, 0.1) is 0 Å². The minimum absolute atomic E-state index is 0. The molecule has 0 radical (unpaired) electrons. The van der Waals surface area contributed by atoms with Crippen LogP contribution in [0.5, 0.6) is 0 Å². The van der Waals surface area contributed by atoms with Gasteiger partial charge in [-0.2, -0.15) is 0 Å². The molecule has 0 aromatic heterocycles. The van der Waals surface area contributed by atoms with Crippen molar-refractivity contribution in [3.63, 3.8) is 0 Å². The SMILES string of the molecule is CCCCCC([O-])CC.[K+]. The Morgan fingerprint density at radius 3 is 2.20 bits per heavy atom. The predicted octanol–water partition coefficient (Wildman–Crippen LogP) is -1.29. The van der Waals surface area contributed by atoms with Gasteiger partial charge in [0.15, 0.2) is 0 Å². The molecule has 0 bridgehead atoms. The van der Waals surface area contributed by atoms with E-state index in [1.165, 1.54) is 12.8 Å². The molecule has 0 saturated carbocycles. The summed E-state index contributed by atoms with van der Waals surface area (Å²) in [5.41, 5.74) is 0. The van der Waals surface area contributed by atoms with Crippen LogP contribution in [0.25, 0.3) is 0 Å². The van der Waals surface area contributed by atoms with Gasteiger partial charge < -0.3 is 5.11 Å². The maximum Gasteiger partial charge on any atom is 1.00 e. The third-order valence-electron chi connectivity index (χ3n) is 1.58. The molecule has 0 fully saturated rings. The Labute approximate surface area is 107 Å². The third kappa shape index (κ3) is 9.60. The summed E-state index contributed by atoms with van der Waals surface area (Å²) >= 11 is 0. The van der Waals surface area contributed by atoms with E-state index in [-0.39, 0.29) is 57.5 Å². The Bertz CT molecular complexity index is 57.2. The van der Waals surface area contributed by atoms with Crippen molar-refractivity contribution in [1.82, 2.24) is 0 Å². The zero-order chi connectivity index (χ0) is 7.11. The molecule has 0 aliphatic carbocycles. The Balaban J connectivity index is 0. The van der Waals surface area contributed by atoms with Gasteiger partial charge >= 0.3 is 51.4 Å². The molecule has 1 unspecified atom stereocenters. The number of rotatable bonds is 5. The Kier molecular flexibility index (Phi) is 15.0. The molecule has 1 atom stereocenters. The fraction of sp³-hybridized carbons (Fsp3) is 1.00. The van der Waals surface area contributed by atoms with E-state index in [4.69, 9.17) is 0 Å². The van der Waals surface area contributed by atoms with E-state index in [0.29, 0.717) is 0 Å². The molecule has 56 valence electrons. The fourth-order valence-corrected chi connectivity index (χ4v) is 0.826. The monoisotopic (exact) mass is 168 g/mol. The minimum Gasteiger partial charge on any atom is -0.852 e. The fourth-order valence-electron chi connectivity index (χ4n) is 0.826. The van der Waals surface area contributed by atoms with Crippen molar-refractivity contribution < 1.29 is 56.5 Å². The van der Waals surface area contributed by atoms with Gasteiger partial charge in [0.2, 0.25) is 0 Å².